The summed E-state index contributed by atoms with van der Waals surface area (Å²) in [5.41, 5.74) is 6.76. The van der Waals surface area contributed by atoms with Crippen LogP contribution in [0.5, 0.6) is 0 Å². The molecule has 0 aromatic carbocycles. The van der Waals surface area contributed by atoms with Gasteiger partial charge in [-0.15, -0.1) is 11.3 Å². The zero-order valence-electron chi connectivity index (χ0n) is 10.8. The fourth-order valence-electron chi connectivity index (χ4n) is 3.13. The van der Waals surface area contributed by atoms with E-state index in [-0.39, 0.29) is 5.91 Å². The standard InChI is InChI=1S/C14H18N2OS2/c15-13(18)14(6-1-2-7-14)16-12(17)11-8-9-4-3-5-10(9)19-11/h8H,1-7H2,(H2,15,18)(H,16,17). The average molecular weight is 294 g/mol. The molecule has 0 atom stereocenters. The summed E-state index contributed by atoms with van der Waals surface area (Å²) in [7, 11) is 0. The minimum absolute atomic E-state index is 0.00546. The molecule has 5 heteroatoms. The molecular weight excluding hydrogens is 276 g/mol. The van der Waals surface area contributed by atoms with Gasteiger partial charge in [-0.05, 0) is 43.7 Å². The highest BCUT2D eigenvalue weighted by Crippen LogP contribution is 2.33. The van der Waals surface area contributed by atoms with E-state index in [1.165, 1.54) is 16.9 Å². The minimum Gasteiger partial charge on any atom is -0.391 e. The number of carbonyl (C=O) groups excluding carboxylic acids is 1. The first-order valence-corrected chi connectivity index (χ1v) is 8.07. The summed E-state index contributed by atoms with van der Waals surface area (Å²) >= 11 is 6.80. The maximum absolute atomic E-state index is 12.4. The van der Waals surface area contributed by atoms with Gasteiger partial charge in [0.25, 0.3) is 5.91 Å². The van der Waals surface area contributed by atoms with E-state index < -0.39 is 5.54 Å². The highest BCUT2D eigenvalue weighted by Gasteiger charge is 2.38. The highest BCUT2D eigenvalue weighted by atomic mass is 32.1. The van der Waals surface area contributed by atoms with E-state index in [1.807, 2.05) is 6.07 Å². The van der Waals surface area contributed by atoms with Crippen molar-refractivity contribution in [1.29, 1.82) is 0 Å². The van der Waals surface area contributed by atoms with Gasteiger partial charge in [-0.25, -0.2) is 0 Å². The first-order chi connectivity index (χ1) is 9.11. The number of hydrogen-bond acceptors (Lipinski definition) is 3. The number of hydrogen-bond donors (Lipinski definition) is 2. The maximum atomic E-state index is 12.4. The molecule has 0 saturated heterocycles. The van der Waals surface area contributed by atoms with Gasteiger partial charge in [0.05, 0.1) is 15.4 Å². The number of amides is 1. The zero-order chi connectivity index (χ0) is 13.5. The monoisotopic (exact) mass is 294 g/mol. The molecule has 1 saturated carbocycles. The second-order valence-electron chi connectivity index (χ2n) is 5.52. The summed E-state index contributed by atoms with van der Waals surface area (Å²) in [5, 5.41) is 3.10. The molecule has 1 fully saturated rings. The van der Waals surface area contributed by atoms with Gasteiger partial charge in [-0.3, -0.25) is 4.79 Å². The van der Waals surface area contributed by atoms with E-state index in [2.05, 4.69) is 5.32 Å². The van der Waals surface area contributed by atoms with E-state index >= 15 is 0 Å². The number of carbonyl (C=O) groups is 1. The molecule has 1 aromatic heterocycles. The Morgan fingerprint density at radius 1 is 1.32 bits per heavy atom. The third-order valence-electron chi connectivity index (χ3n) is 4.25. The molecule has 3 rings (SSSR count). The number of thiocarbonyl (C=S) groups is 1. The Morgan fingerprint density at radius 3 is 2.68 bits per heavy atom. The van der Waals surface area contributed by atoms with Crippen molar-refractivity contribution in [1.82, 2.24) is 5.32 Å². The van der Waals surface area contributed by atoms with E-state index in [9.17, 15) is 4.79 Å². The van der Waals surface area contributed by atoms with Gasteiger partial charge < -0.3 is 11.1 Å². The Balaban J connectivity index is 1.78. The molecule has 2 aliphatic carbocycles. The van der Waals surface area contributed by atoms with Crippen molar-refractivity contribution in [3.63, 3.8) is 0 Å². The number of rotatable bonds is 3. The fraction of sp³-hybridized carbons (Fsp3) is 0.571. The van der Waals surface area contributed by atoms with Gasteiger partial charge in [0.15, 0.2) is 0 Å². The third-order valence-corrected chi connectivity index (χ3v) is 5.88. The fourth-order valence-corrected chi connectivity index (χ4v) is 4.54. The number of aryl methyl sites for hydroxylation is 2. The molecule has 1 aromatic rings. The quantitative estimate of drug-likeness (QED) is 0.842. The molecule has 102 valence electrons. The van der Waals surface area contributed by atoms with Crippen molar-refractivity contribution in [3.05, 3.63) is 21.4 Å². The van der Waals surface area contributed by atoms with Crippen LogP contribution in [-0.2, 0) is 12.8 Å². The van der Waals surface area contributed by atoms with E-state index in [0.717, 1.165) is 43.4 Å². The van der Waals surface area contributed by atoms with Crippen LogP contribution < -0.4 is 11.1 Å². The molecule has 0 aliphatic heterocycles. The SMILES string of the molecule is NC(=S)C1(NC(=O)c2cc3c(s2)CCC3)CCCC1. The topological polar surface area (TPSA) is 55.1 Å². The molecule has 3 N–H and O–H groups in total. The number of nitrogens with one attached hydrogen (secondary N) is 1. The van der Waals surface area contributed by atoms with Gasteiger partial charge >= 0.3 is 0 Å². The smallest absolute Gasteiger partial charge is 0.262 e. The second-order valence-corrected chi connectivity index (χ2v) is 7.10. The number of thiophene rings is 1. The maximum Gasteiger partial charge on any atom is 0.262 e. The Bertz CT molecular complexity index is 508. The molecular formula is C14H18N2OS2. The lowest BCUT2D eigenvalue weighted by Gasteiger charge is -2.28. The minimum atomic E-state index is -0.444. The van der Waals surface area contributed by atoms with Crippen LogP contribution in [0.1, 0.15) is 52.2 Å². The van der Waals surface area contributed by atoms with E-state index in [1.54, 1.807) is 11.3 Å². The summed E-state index contributed by atoms with van der Waals surface area (Å²) in [4.78, 5) is 15.0. The van der Waals surface area contributed by atoms with Crippen molar-refractivity contribution in [2.45, 2.75) is 50.5 Å². The van der Waals surface area contributed by atoms with Crippen LogP contribution in [0, 0.1) is 0 Å². The van der Waals surface area contributed by atoms with Crippen LogP contribution >= 0.6 is 23.6 Å². The molecule has 0 spiro atoms. The predicted molar refractivity (Wildman–Crippen MR) is 81.8 cm³/mol. The number of fused-ring (bicyclic) bond motifs is 1. The van der Waals surface area contributed by atoms with Gasteiger partial charge in [-0.1, -0.05) is 25.1 Å². The van der Waals surface area contributed by atoms with Crippen molar-refractivity contribution in [2.24, 2.45) is 5.73 Å². The predicted octanol–water partition coefficient (Wildman–Crippen LogP) is 2.57. The summed E-state index contributed by atoms with van der Waals surface area (Å²) in [6.07, 6.45) is 7.36. The normalized spacial score (nSPS) is 20.2. The summed E-state index contributed by atoms with van der Waals surface area (Å²) in [5.74, 6) is -0.00546. The first kappa shape index (κ1) is 13.1. The molecule has 0 radical (unpaired) electrons. The van der Waals surface area contributed by atoms with Crippen molar-refractivity contribution >= 4 is 34.5 Å². The lowest BCUT2D eigenvalue weighted by molar-refractivity contribution is 0.0928. The molecule has 2 aliphatic rings. The van der Waals surface area contributed by atoms with Gasteiger partial charge in [-0.2, -0.15) is 0 Å². The van der Waals surface area contributed by atoms with Gasteiger partial charge in [0.1, 0.15) is 0 Å². The molecule has 1 amide bonds. The Morgan fingerprint density at radius 2 is 2.05 bits per heavy atom. The lowest BCUT2D eigenvalue weighted by Crippen LogP contribution is -2.54. The van der Waals surface area contributed by atoms with Gasteiger partial charge in [0, 0.05) is 4.88 Å². The average Bonchev–Trinajstić information content (AvgIpc) is 3.02. The first-order valence-electron chi connectivity index (χ1n) is 6.85. The second kappa shape index (κ2) is 4.87. The highest BCUT2D eigenvalue weighted by molar-refractivity contribution is 7.80. The molecule has 3 nitrogen and oxygen atoms in total. The van der Waals surface area contributed by atoms with E-state index in [4.69, 9.17) is 18.0 Å². The molecule has 19 heavy (non-hydrogen) atoms. The van der Waals surface area contributed by atoms with Crippen LogP contribution in [0.4, 0.5) is 0 Å². The summed E-state index contributed by atoms with van der Waals surface area (Å²) in [6.45, 7) is 0. The summed E-state index contributed by atoms with van der Waals surface area (Å²) in [6, 6.07) is 2.05. The lowest BCUT2D eigenvalue weighted by atomic mass is 9.97. The Labute approximate surface area is 122 Å². The van der Waals surface area contributed by atoms with Crippen molar-refractivity contribution in [3.8, 4) is 0 Å². The zero-order valence-corrected chi connectivity index (χ0v) is 12.5. The van der Waals surface area contributed by atoms with Crippen LogP contribution in [0.15, 0.2) is 6.07 Å². The van der Waals surface area contributed by atoms with Crippen LogP contribution in [0.25, 0.3) is 0 Å². The Kier molecular flexibility index (Phi) is 3.35. The molecule has 0 unspecified atom stereocenters. The van der Waals surface area contributed by atoms with Crippen LogP contribution in [0.2, 0.25) is 0 Å². The largest absolute Gasteiger partial charge is 0.391 e. The van der Waals surface area contributed by atoms with Crippen LogP contribution in [-0.4, -0.2) is 16.4 Å². The van der Waals surface area contributed by atoms with Crippen molar-refractivity contribution in [2.75, 3.05) is 0 Å². The third kappa shape index (κ3) is 2.30. The number of nitrogens with two attached hydrogens (primary N) is 1. The molecule has 1 heterocycles. The molecule has 0 bridgehead atoms. The summed E-state index contributed by atoms with van der Waals surface area (Å²) < 4.78 is 0. The van der Waals surface area contributed by atoms with E-state index in [0.29, 0.717) is 4.99 Å². The van der Waals surface area contributed by atoms with Crippen LogP contribution in [0.3, 0.4) is 0 Å². The van der Waals surface area contributed by atoms with Gasteiger partial charge in [0.2, 0.25) is 0 Å². The Hall–Kier alpha value is -0.940. The van der Waals surface area contributed by atoms with Crippen molar-refractivity contribution < 1.29 is 4.79 Å².